The Hall–Kier alpha value is -1.86. The molecule has 0 aliphatic heterocycles. The van der Waals surface area contributed by atoms with Crippen molar-refractivity contribution in [3.63, 3.8) is 0 Å². The molecule has 0 radical (unpaired) electrons. The summed E-state index contributed by atoms with van der Waals surface area (Å²) in [5.41, 5.74) is 0.940. The van der Waals surface area contributed by atoms with Gasteiger partial charge in [-0.2, -0.15) is 0 Å². The molecule has 21 heavy (non-hydrogen) atoms. The molecule has 0 saturated heterocycles. The SMILES string of the molecule is COCC(C)NC(=O)CSc1ncn(-c2ccccc2)n1. The van der Waals surface area contributed by atoms with Crippen LogP contribution in [0.2, 0.25) is 0 Å². The van der Waals surface area contributed by atoms with E-state index in [1.807, 2.05) is 37.3 Å². The lowest BCUT2D eigenvalue weighted by Crippen LogP contribution is -2.36. The molecule has 6 nitrogen and oxygen atoms in total. The average Bonchev–Trinajstić information content (AvgIpc) is 2.95. The summed E-state index contributed by atoms with van der Waals surface area (Å²) in [4.78, 5) is 15.9. The zero-order valence-corrected chi connectivity index (χ0v) is 12.8. The van der Waals surface area contributed by atoms with Crippen molar-refractivity contribution in [3.05, 3.63) is 36.7 Å². The van der Waals surface area contributed by atoms with Crippen molar-refractivity contribution in [2.45, 2.75) is 18.1 Å². The van der Waals surface area contributed by atoms with Gasteiger partial charge in [-0.3, -0.25) is 4.79 Å². The Bertz CT molecular complexity index is 573. The smallest absolute Gasteiger partial charge is 0.230 e. The number of carbonyl (C=O) groups is 1. The maximum absolute atomic E-state index is 11.7. The number of methoxy groups -OCH3 is 1. The molecule has 1 amide bonds. The van der Waals surface area contributed by atoms with Crippen LogP contribution in [0.1, 0.15) is 6.92 Å². The molecule has 7 heteroatoms. The highest BCUT2D eigenvalue weighted by Gasteiger charge is 2.10. The minimum atomic E-state index is -0.0550. The van der Waals surface area contributed by atoms with E-state index < -0.39 is 0 Å². The predicted octanol–water partition coefficient (Wildman–Crippen LogP) is 1.51. The Kier molecular flexibility index (Phi) is 5.77. The van der Waals surface area contributed by atoms with Crippen molar-refractivity contribution < 1.29 is 9.53 Å². The molecule has 2 aromatic rings. The molecule has 2 rings (SSSR count). The molecule has 1 aromatic carbocycles. The molecule has 1 heterocycles. The topological polar surface area (TPSA) is 69.0 Å². The first-order valence-corrected chi connectivity index (χ1v) is 7.56. The number of nitrogens with zero attached hydrogens (tertiary/aromatic N) is 3. The van der Waals surface area contributed by atoms with Crippen molar-refractivity contribution in [1.82, 2.24) is 20.1 Å². The Morgan fingerprint density at radius 2 is 2.19 bits per heavy atom. The fourth-order valence-corrected chi connectivity index (χ4v) is 2.37. The van der Waals surface area contributed by atoms with Crippen LogP contribution in [0.25, 0.3) is 5.69 Å². The quantitative estimate of drug-likeness (QED) is 0.785. The first-order chi connectivity index (χ1) is 10.2. The standard InChI is InChI=1S/C14H18N4O2S/c1-11(8-20-2)16-13(19)9-21-14-15-10-18(17-14)12-6-4-3-5-7-12/h3-7,10-11H,8-9H2,1-2H3,(H,16,19). The van der Waals surface area contributed by atoms with Crippen LogP contribution >= 0.6 is 11.8 Å². The zero-order chi connectivity index (χ0) is 15.1. The highest BCUT2D eigenvalue weighted by molar-refractivity contribution is 7.99. The summed E-state index contributed by atoms with van der Waals surface area (Å²) in [5.74, 6) is 0.230. The summed E-state index contributed by atoms with van der Waals surface area (Å²) in [6.45, 7) is 2.39. The Labute approximate surface area is 127 Å². The molecule has 1 aromatic heterocycles. The van der Waals surface area contributed by atoms with E-state index in [2.05, 4.69) is 15.4 Å². The monoisotopic (exact) mass is 306 g/mol. The normalized spacial score (nSPS) is 12.1. The number of amides is 1. The summed E-state index contributed by atoms with van der Waals surface area (Å²) in [7, 11) is 1.61. The van der Waals surface area contributed by atoms with Gasteiger partial charge in [0.1, 0.15) is 6.33 Å². The molecule has 0 fully saturated rings. The largest absolute Gasteiger partial charge is 0.383 e. The number of nitrogens with one attached hydrogen (secondary N) is 1. The molecule has 112 valence electrons. The molecule has 0 bridgehead atoms. The van der Waals surface area contributed by atoms with Crippen LogP contribution in [0.3, 0.4) is 0 Å². The minimum absolute atomic E-state index is 0.00191. The van der Waals surface area contributed by atoms with Crippen LogP contribution in [-0.2, 0) is 9.53 Å². The van der Waals surface area contributed by atoms with E-state index in [0.717, 1.165) is 5.69 Å². The van der Waals surface area contributed by atoms with Gasteiger partial charge in [0.05, 0.1) is 18.0 Å². The van der Waals surface area contributed by atoms with Gasteiger partial charge in [-0.25, -0.2) is 9.67 Å². The molecular formula is C14H18N4O2S. The van der Waals surface area contributed by atoms with E-state index in [-0.39, 0.29) is 17.7 Å². The van der Waals surface area contributed by atoms with Crippen LogP contribution in [-0.4, -0.2) is 46.2 Å². The molecule has 0 saturated carbocycles. The van der Waals surface area contributed by atoms with Crippen molar-refractivity contribution in [3.8, 4) is 5.69 Å². The summed E-state index contributed by atoms with van der Waals surface area (Å²) in [6, 6.07) is 9.72. The number of hydrogen-bond acceptors (Lipinski definition) is 5. The van der Waals surface area contributed by atoms with E-state index >= 15 is 0 Å². The van der Waals surface area contributed by atoms with Gasteiger partial charge in [-0.15, -0.1) is 5.10 Å². The van der Waals surface area contributed by atoms with Gasteiger partial charge in [0.2, 0.25) is 11.1 Å². The van der Waals surface area contributed by atoms with Crippen LogP contribution in [0.4, 0.5) is 0 Å². The second-order valence-corrected chi connectivity index (χ2v) is 5.46. The molecule has 0 aliphatic rings. The molecule has 1 unspecified atom stereocenters. The van der Waals surface area contributed by atoms with E-state index in [1.54, 1.807) is 18.1 Å². The van der Waals surface area contributed by atoms with Crippen LogP contribution < -0.4 is 5.32 Å². The number of benzene rings is 1. The maximum Gasteiger partial charge on any atom is 0.230 e. The zero-order valence-electron chi connectivity index (χ0n) is 12.0. The van der Waals surface area contributed by atoms with Crippen LogP contribution in [0, 0.1) is 0 Å². The third-order valence-electron chi connectivity index (χ3n) is 2.65. The molecule has 1 N–H and O–H groups in total. The van der Waals surface area contributed by atoms with Crippen molar-refractivity contribution in [2.24, 2.45) is 0 Å². The van der Waals surface area contributed by atoms with Gasteiger partial charge in [-0.1, -0.05) is 30.0 Å². The lowest BCUT2D eigenvalue weighted by Gasteiger charge is -2.11. The number of hydrogen-bond donors (Lipinski definition) is 1. The van der Waals surface area contributed by atoms with Gasteiger partial charge in [0.15, 0.2) is 0 Å². The van der Waals surface area contributed by atoms with Gasteiger partial charge in [0.25, 0.3) is 0 Å². The van der Waals surface area contributed by atoms with Gasteiger partial charge in [-0.05, 0) is 19.1 Å². The summed E-state index contributed by atoms with van der Waals surface area (Å²) >= 11 is 1.31. The summed E-state index contributed by atoms with van der Waals surface area (Å²) in [6.07, 6.45) is 1.64. The number of para-hydroxylation sites is 1. The third-order valence-corrected chi connectivity index (χ3v) is 3.50. The second-order valence-electron chi connectivity index (χ2n) is 4.52. The highest BCUT2D eigenvalue weighted by atomic mass is 32.2. The van der Waals surface area contributed by atoms with E-state index in [1.165, 1.54) is 11.8 Å². The second kappa shape index (κ2) is 7.80. The van der Waals surface area contributed by atoms with Crippen molar-refractivity contribution in [1.29, 1.82) is 0 Å². The average molecular weight is 306 g/mol. The summed E-state index contributed by atoms with van der Waals surface area (Å²) < 4.78 is 6.66. The first kappa shape index (κ1) is 15.5. The lowest BCUT2D eigenvalue weighted by molar-refractivity contribution is -0.119. The van der Waals surface area contributed by atoms with Crippen LogP contribution in [0.5, 0.6) is 0 Å². The predicted molar refractivity (Wildman–Crippen MR) is 81.6 cm³/mol. The van der Waals surface area contributed by atoms with Gasteiger partial charge in [0, 0.05) is 13.2 Å². The van der Waals surface area contributed by atoms with Crippen LogP contribution in [0.15, 0.2) is 41.8 Å². The fraction of sp³-hybridized carbons (Fsp3) is 0.357. The molecular weight excluding hydrogens is 288 g/mol. The third kappa shape index (κ3) is 4.87. The lowest BCUT2D eigenvalue weighted by atomic mass is 10.3. The molecule has 1 atom stereocenters. The number of thioether (sulfide) groups is 1. The van der Waals surface area contributed by atoms with Gasteiger partial charge < -0.3 is 10.1 Å². The first-order valence-electron chi connectivity index (χ1n) is 6.57. The number of ether oxygens (including phenoxy) is 1. The van der Waals surface area contributed by atoms with Crippen molar-refractivity contribution in [2.75, 3.05) is 19.5 Å². The Morgan fingerprint density at radius 1 is 1.43 bits per heavy atom. The highest BCUT2D eigenvalue weighted by Crippen LogP contribution is 2.13. The number of rotatable bonds is 7. The van der Waals surface area contributed by atoms with Gasteiger partial charge >= 0.3 is 0 Å². The van der Waals surface area contributed by atoms with Crippen molar-refractivity contribution >= 4 is 17.7 Å². The minimum Gasteiger partial charge on any atom is -0.383 e. The Morgan fingerprint density at radius 3 is 2.90 bits per heavy atom. The Balaban J connectivity index is 1.84. The van der Waals surface area contributed by atoms with E-state index in [4.69, 9.17) is 4.74 Å². The van der Waals surface area contributed by atoms with E-state index in [9.17, 15) is 4.79 Å². The number of aromatic nitrogens is 3. The summed E-state index contributed by atoms with van der Waals surface area (Å²) in [5, 5.41) is 7.75. The maximum atomic E-state index is 11.7. The van der Waals surface area contributed by atoms with E-state index in [0.29, 0.717) is 11.8 Å². The number of carbonyl (C=O) groups excluding carboxylic acids is 1. The fourth-order valence-electron chi connectivity index (χ4n) is 1.76. The molecule has 0 spiro atoms. The molecule has 0 aliphatic carbocycles.